The first-order valence-electron chi connectivity index (χ1n) is 4.20. The number of nitrogens with two attached hydrogens (primary N) is 1. The van der Waals surface area contributed by atoms with Crippen molar-refractivity contribution in [2.24, 2.45) is 10.7 Å². The molecule has 76 valence electrons. The van der Waals surface area contributed by atoms with Crippen molar-refractivity contribution in [1.29, 1.82) is 0 Å². The number of ether oxygens (including phenoxy) is 2. The lowest BCUT2D eigenvalue weighted by Gasteiger charge is -2.07. The quantitative estimate of drug-likeness (QED) is 0.588. The fraction of sp³-hybridized carbons (Fsp3) is 0.300. The number of methoxy groups -OCH3 is 2. The van der Waals surface area contributed by atoms with E-state index >= 15 is 0 Å². The summed E-state index contributed by atoms with van der Waals surface area (Å²) in [4.78, 5) is 4.10. The van der Waals surface area contributed by atoms with Gasteiger partial charge in [-0.1, -0.05) is 0 Å². The van der Waals surface area contributed by atoms with Crippen LogP contribution in [0.15, 0.2) is 23.2 Å². The fourth-order valence-corrected chi connectivity index (χ4v) is 1.10. The van der Waals surface area contributed by atoms with Crippen LogP contribution in [0.4, 0.5) is 5.69 Å². The molecule has 2 N–H and O–H groups in total. The topological polar surface area (TPSA) is 56.8 Å². The van der Waals surface area contributed by atoms with Crippen molar-refractivity contribution in [3.63, 3.8) is 0 Å². The van der Waals surface area contributed by atoms with Crippen LogP contribution in [0, 0.1) is 0 Å². The van der Waals surface area contributed by atoms with Crippen LogP contribution in [0.3, 0.4) is 0 Å². The summed E-state index contributed by atoms with van der Waals surface area (Å²) in [6, 6.07) is 5.38. The minimum absolute atomic E-state index is 0.511. The summed E-state index contributed by atoms with van der Waals surface area (Å²) in [6.45, 7) is 1.73. The molecule has 0 aromatic heterocycles. The van der Waals surface area contributed by atoms with Crippen molar-refractivity contribution in [3.05, 3.63) is 18.2 Å². The summed E-state index contributed by atoms with van der Waals surface area (Å²) < 4.78 is 10.2. The number of rotatable bonds is 3. The molecule has 4 heteroatoms. The van der Waals surface area contributed by atoms with E-state index in [0.717, 1.165) is 5.69 Å². The second kappa shape index (κ2) is 4.50. The minimum atomic E-state index is 0.511. The molecule has 1 rings (SSSR count). The third kappa shape index (κ3) is 2.39. The minimum Gasteiger partial charge on any atom is -0.493 e. The normalized spacial score (nSPS) is 11.2. The van der Waals surface area contributed by atoms with Gasteiger partial charge >= 0.3 is 0 Å². The lowest BCUT2D eigenvalue weighted by Crippen LogP contribution is -2.03. The van der Waals surface area contributed by atoms with Gasteiger partial charge in [0, 0.05) is 6.07 Å². The van der Waals surface area contributed by atoms with Crippen molar-refractivity contribution >= 4 is 11.5 Å². The van der Waals surface area contributed by atoms with Crippen molar-refractivity contribution in [1.82, 2.24) is 0 Å². The molecular formula is C10H14N2O2. The molecule has 1 aromatic carbocycles. The highest BCUT2D eigenvalue weighted by molar-refractivity contribution is 5.80. The molecule has 0 bridgehead atoms. The Bertz CT molecular complexity index is 344. The number of hydrogen-bond acceptors (Lipinski definition) is 3. The van der Waals surface area contributed by atoms with E-state index in [1.807, 2.05) is 6.07 Å². The Morgan fingerprint density at radius 3 is 2.36 bits per heavy atom. The zero-order valence-corrected chi connectivity index (χ0v) is 8.57. The average Bonchev–Trinajstić information content (AvgIpc) is 2.16. The van der Waals surface area contributed by atoms with Gasteiger partial charge in [-0.25, -0.2) is 4.99 Å². The smallest absolute Gasteiger partial charge is 0.162 e. The maximum absolute atomic E-state index is 5.46. The first-order valence-corrected chi connectivity index (χ1v) is 4.20. The van der Waals surface area contributed by atoms with E-state index in [2.05, 4.69) is 4.99 Å². The largest absolute Gasteiger partial charge is 0.493 e. The van der Waals surface area contributed by atoms with Crippen molar-refractivity contribution in [3.8, 4) is 11.5 Å². The van der Waals surface area contributed by atoms with Gasteiger partial charge in [-0.15, -0.1) is 0 Å². The van der Waals surface area contributed by atoms with Gasteiger partial charge in [0.2, 0.25) is 0 Å². The SMILES string of the molecule is COc1ccc(N=C(C)N)cc1OC. The zero-order chi connectivity index (χ0) is 10.6. The third-order valence-electron chi connectivity index (χ3n) is 1.67. The highest BCUT2D eigenvalue weighted by Crippen LogP contribution is 2.30. The molecule has 0 amide bonds. The maximum atomic E-state index is 5.46. The summed E-state index contributed by atoms with van der Waals surface area (Å²) in [7, 11) is 3.18. The third-order valence-corrected chi connectivity index (χ3v) is 1.67. The number of benzene rings is 1. The van der Waals surface area contributed by atoms with Crippen LogP contribution < -0.4 is 15.2 Å². The van der Waals surface area contributed by atoms with Gasteiger partial charge in [-0.2, -0.15) is 0 Å². The summed E-state index contributed by atoms with van der Waals surface area (Å²) >= 11 is 0. The monoisotopic (exact) mass is 194 g/mol. The van der Waals surface area contributed by atoms with Gasteiger partial charge in [0.25, 0.3) is 0 Å². The Kier molecular flexibility index (Phi) is 3.34. The zero-order valence-electron chi connectivity index (χ0n) is 8.57. The van der Waals surface area contributed by atoms with Crippen molar-refractivity contribution in [2.75, 3.05) is 14.2 Å². The fourth-order valence-electron chi connectivity index (χ4n) is 1.10. The molecule has 14 heavy (non-hydrogen) atoms. The predicted octanol–water partition coefficient (Wildman–Crippen LogP) is 1.71. The lowest BCUT2D eigenvalue weighted by molar-refractivity contribution is 0.355. The van der Waals surface area contributed by atoms with E-state index in [1.54, 1.807) is 33.3 Å². The maximum Gasteiger partial charge on any atom is 0.162 e. The highest BCUT2D eigenvalue weighted by atomic mass is 16.5. The molecule has 0 spiro atoms. The Balaban J connectivity index is 3.07. The van der Waals surface area contributed by atoms with E-state index in [0.29, 0.717) is 17.3 Å². The molecule has 0 unspecified atom stereocenters. The van der Waals surface area contributed by atoms with Gasteiger partial charge in [0.15, 0.2) is 11.5 Å². The lowest BCUT2D eigenvalue weighted by atomic mass is 10.3. The standard InChI is InChI=1S/C10H14N2O2/c1-7(11)12-8-4-5-9(13-2)10(6-8)14-3/h4-6H,1-3H3,(H2,11,12). The van der Waals surface area contributed by atoms with E-state index < -0.39 is 0 Å². The van der Waals surface area contributed by atoms with Crippen LogP contribution >= 0.6 is 0 Å². The molecule has 0 saturated heterocycles. The molecule has 0 aliphatic rings. The summed E-state index contributed by atoms with van der Waals surface area (Å²) in [5, 5.41) is 0. The molecule has 0 aliphatic heterocycles. The summed E-state index contributed by atoms with van der Waals surface area (Å²) in [5.41, 5.74) is 6.22. The van der Waals surface area contributed by atoms with E-state index in [9.17, 15) is 0 Å². The Hall–Kier alpha value is -1.71. The molecule has 0 aliphatic carbocycles. The molecule has 0 saturated carbocycles. The average molecular weight is 194 g/mol. The van der Waals surface area contributed by atoms with Gasteiger partial charge < -0.3 is 15.2 Å². The molecule has 4 nitrogen and oxygen atoms in total. The van der Waals surface area contributed by atoms with Crippen LogP contribution in [0.1, 0.15) is 6.92 Å². The summed E-state index contributed by atoms with van der Waals surface area (Å²) in [5.74, 6) is 1.84. The van der Waals surface area contributed by atoms with E-state index in [4.69, 9.17) is 15.2 Å². The number of nitrogens with zero attached hydrogens (tertiary/aromatic N) is 1. The molecule has 1 aromatic rings. The molecular weight excluding hydrogens is 180 g/mol. The van der Waals surface area contributed by atoms with E-state index in [-0.39, 0.29) is 0 Å². The van der Waals surface area contributed by atoms with Gasteiger partial charge in [0.1, 0.15) is 0 Å². The van der Waals surface area contributed by atoms with Gasteiger partial charge in [-0.3, -0.25) is 0 Å². The van der Waals surface area contributed by atoms with Crippen LogP contribution in [0.2, 0.25) is 0 Å². The van der Waals surface area contributed by atoms with Crippen molar-refractivity contribution < 1.29 is 9.47 Å². The Labute approximate surface area is 83.4 Å². The number of aliphatic imine (C=N–C) groups is 1. The molecule has 0 radical (unpaired) electrons. The van der Waals surface area contributed by atoms with Crippen LogP contribution in [-0.2, 0) is 0 Å². The first kappa shape index (κ1) is 10.4. The summed E-state index contributed by atoms with van der Waals surface area (Å²) in [6.07, 6.45) is 0. The Morgan fingerprint density at radius 1 is 1.21 bits per heavy atom. The molecule has 0 fully saturated rings. The van der Waals surface area contributed by atoms with Crippen LogP contribution in [-0.4, -0.2) is 20.1 Å². The Morgan fingerprint density at radius 2 is 1.86 bits per heavy atom. The van der Waals surface area contributed by atoms with Gasteiger partial charge in [0.05, 0.1) is 25.7 Å². The van der Waals surface area contributed by atoms with Gasteiger partial charge in [-0.05, 0) is 19.1 Å². The molecule has 0 heterocycles. The van der Waals surface area contributed by atoms with E-state index in [1.165, 1.54) is 0 Å². The first-order chi connectivity index (χ1) is 6.67. The highest BCUT2D eigenvalue weighted by Gasteiger charge is 2.03. The van der Waals surface area contributed by atoms with Crippen LogP contribution in [0.25, 0.3) is 0 Å². The second-order valence-corrected chi connectivity index (χ2v) is 2.79. The second-order valence-electron chi connectivity index (χ2n) is 2.79. The molecule has 0 atom stereocenters. The predicted molar refractivity (Wildman–Crippen MR) is 56.5 cm³/mol. The van der Waals surface area contributed by atoms with Crippen LogP contribution in [0.5, 0.6) is 11.5 Å². The number of hydrogen-bond donors (Lipinski definition) is 1. The van der Waals surface area contributed by atoms with Crippen molar-refractivity contribution in [2.45, 2.75) is 6.92 Å². The number of amidine groups is 1.